The molecule has 4 amide bonds. The van der Waals surface area contributed by atoms with Gasteiger partial charge in [-0.2, -0.15) is 4.98 Å². The second-order valence-electron chi connectivity index (χ2n) is 8.34. The number of nitrogens with zero attached hydrogens (tertiary/aromatic N) is 6. The van der Waals surface area contributed by atoms with E-state index in [0.29, 0.717) is 38.3 Å². The third-order valence-corrected chi connectivity index (χ3v) is 6.28. The van der Waals surface area contributed by atoms with E-state index in [1.165, 1.54) is 0 Å². The first kappa shape index (κ1) is 20.1. The van der Waals surface area contributed by atoms with Crippen LogP contribution in [0.1, 0.15) is 40.4 Å². The average molecular weight is 433 g/mol. The maximum atomic E-state index is 13.1. The van der Waals surface area contributed by atoms with Crippen molar-refractivity contribution in [2.24, 2.45) is 0 Å². The number of benzene rings is 1. The average Bonchev–Trinajstić information content (AvgIpc) is 3.30. The van der Waals surface area contributed by atoms with Crippen LogP contribution >= 0.6 is 0 Å². The fraction of sp³-hybridized carbons (Fsp3) is 0.364. The van der Waals surface area contributed by atoms with E-state index in [1.54, 1.807) is 14.3 Å². The van der Waals surface area contributed by atoms with E-state index in [1.807, 2.05) is 50.2 Å². The molecule has 164 valence electrons. The molecule has 1 N–H and O–H groups in total. The minimum absolute atomic E-state index is 0.0789. The zero-order valence-corrected chi connectivity index (χ0v) is 17.9. The molecule has 2 fully saturated rings. The quantitative estimate of drug-likeness (QED) is 0.626. The lowest BCUT2D eigenvalue weighted by molar-refractivity contribution is -0.129. The highest BCUT2D eigenvalue weighted by atomic mass is 16.2. The van der Waals surface area contributed by atoms with E-state index >= 15 is 0 Å². The second kappa shape index (κ2) is 7.40. The number of likely N-dealkylation sites (tertiary alicyclic amines) is 1. The molecule has 3 aromatic rings. The largest absolute Gasteiger partial charge is 0.336 e. The smallest absolute Gasteiger partial charge is 0.325 e. The molecule has 0 atom stereocenters. The van der Waals surface area contributed by atoms with Crippen molar-refractivity contribution in [3.05, 3.63) is 59.2 Å². The summed E-state index contributed by atoms with van der Waals surface area (Å²) < 4.78 is 1.55. The highest BCUT2D eigenvalue weighted by Gasteiger charge is 2.54. The van der Waals surface area contributed by atoms with Gasteiger partial charge in [-0.05, 0) is 38.3 Å². The van der Waals surface area contributed by atoms with Gasteiger partial charge in [-0.1, -0.05) is 30.3 Å². The van der Waals surface area contributed by atoms with Gasteiger partial charge < -0.3 is 9.80 Å². The monoisotopic (exact) mass is 433 g/mol. The van der Waals surface area contributed by atoms with E-state index in [2.05, 4.69) is 20.4 Å². The van der Waals surface area contributed by atoms with Crippen LogP contribution in [-0.2, 0) is 11.3 Å². The normalized spacial score (nSPS) is 17.9. The van der Waals surface area contributed by atoms with Gasteiger partial charge in [0.2, 0.25) is 5.82 Å². The number of fused-ring (bicyclic) bond motifs is 1. The minimum Gasteiger partial charge on any atom is -0.336 e. The number of urea groups is 1. The Morgan fingerprint density at radius 3 is 2.53 bits per heavy atom. The van der Waals surface area contributed by atoms with Gasteiger partial charge in [0, 0.05) is 31.0 Å². The number of carbonyl (C=O) groups excluding carboxylic acids is 3. The molecule has 32 heavy (non-hydrogen) atoms. The summed E-state index contributed by atoms with van der Waals surface area (Å²) >= 11 is 0. The van der Waals surface area contributed by atoms with Crippen molar-refractivity contribution in [1.29, 1.82) is 0 Å². The molecule has 10 heteroatoms. The SMILES string of the molecule is Cc1cc(C)n2nc(C(=O)N3CCC4(CC3)C(=O)NC(=O)N4Cc3ccccc3)nc2n1. The van der Waals surface area contributed by atoms with Crippen molar-refractivity contribution in [2.75, 3.05) is 13.1 Å². The zero-order chi connectivity index (χ0) is 22.5. The zero-order valence-electron chi connectivity index (χ0n) is 17.9. The lowest BCUT2D eigenvalue weighted by atomic mass is 9.85. The molecule has 0 saturated carbocycles. The fourth-order valence-corrected chi connectivity index (χ4v) is 4.56. The van der Waals surface area contributed by atoms with Gasteiger partial charge in [0.15, 0.2) is 0 Å². The van der Waals surface area contributed by atoms with E-state index in [9.17, 15) is 14.4 Å². The van der Waals surface area contributed by atoms with E-state index in [4.69, 9.17) is 0 Å². The fourth-order valence-electron chi connectivity index (χ4n) is 4.56. The Hall–Kier alpha value is -3.82. The molecular weight excluding hydrogens is 410 g/mol. The van der Waals surface area contributed by atoms with Crippen molar-refractivity contribution in [2.45, 2.75) is 38.8 Å². The summed E-state index contributed by atoms with van der Waals surface area (Å²) in [5.74, 6) is -0.141. The number of hydrogen-bond donors (Lipinski definition) is 1. The van der Waals surface area contributed by atoms with Gasteiger partial charge in [-0.3, -0.25) is 14.9 Å². The lowest BCUT2D eigenvalue weighted by Gasteiger charge is -2.41. The number of nitrogens with one attached hydrogen (secondary N) is 1. The molecule has 0 unspecified atom stereocenters. The third-order valence-electron chi connectivity index (χ3n) is 6.28. The molecule has 2 saturated heterocycles. The second-order valence-corrected chi connectivity index (χ2v) is 8.34. The number of hydrogen-bond acceptors (Lipinski definition) is 6. The maximum Gasteiger partial charge on any atom is 0.325 e. The number of carbonyl (C=O) groups is 3. The molecule has 1 spiro atoms. The Bertz CT molecular complexity index is 1230. The van der Waals surface area contributed by atoms with Crippen molar-refractivity contribution >= 4 is 23.6 Å². The summed E-state index contributed by atoms with van der Waals surface area (Å²) in [6.07, 6.45) is 0.708. The number of amides is 4. The van der Waals surface area contributed by atoms with Crippen LogP contribution in [0.25, 0.3) is 5.78 Å². The van der Waals surface area contributed by atoms with E-state index < -0.39 is 11.6 Å². The molecule has 0 radical (unpaired) electrons. The summed E-state index contributed by atoms with van der Waals surface area (Å²) in [5.41, 5.74) is 1.64. The molecule has 0 bridgehead atoms. The Kier molecular flexibility index (Phi) is 4.65. The summed E-state index contributed by atoms with van der Waals surface area (Å²) in [4.78, 5) is 50.3. The lowest BCUT2D eigenvalue weighted by Crippen LogP contribution is -2.57. The Labute approximate surface area is 184 Å². The number of aromatic nitrogens is 4. The predicted octanol–water partition coefficient (Wildman–Crippen LogP) is 1.47. The Balaban J connectivity index is 1.35. The van der Waals surface area contributed by atoms with Crippen LogP contribution in [-0.4, -0.2) is 65.9 Å². The molecular formula is C22H23N7O3. The first-order valence-electron chi connectivity index (χ1n) is 10.5. The number of aryl methyl sites for hydroxylation is 2. The van der Waals surface area contributed by atoms with Crippen LogP contribution in [0, 0.1) is 13.8 Å². The number of rotatable bonds is 3. The van der Waals surface area contributed by atoms with Crippen LogP contribution in [0.2, 0.25) is 0 Å². The van der Waals surface area contributed by atoms with Crippen molar-refractivity contribution < 1.29 is 14.4 Å². The van der Waals surface area contributed by atoms with Crippen molar-refractivity contribution in [3.8, 4) is 0 Å². The molecule has 10 nitrogen and oxygen atoms in total. The summed E-state index contributed by atoms with van der Waals surface area (Å²) in [6, 6.07) is 11.0. The maximum absolute atomic E-state index is 13.1. The Morgan fingerprint density at radius 2 is 1.81 bits per heavy atom. The van der Waals surface area contributed by atoms with Crippen LogP contribution in [0.3, 0.4) is 0 Å². The summed E-state index contributed by atoms with van der Waals surface area (Å²) in [5, 5.41) is 6.78. The van der Waals surface area contributed by atoms with Gasteiger partial charge in [-0.25, -0.2) is 14.3 Å². The van der Waals surface area contributed by atoms with Crippen LogP contribution in [0.4, 0.5) is 4.79 Å². The number of imide groups is 1. The molecule has 2 aliphatic rings. The van der Waals surface area contributed by atoms with Gasteiger partial charge >= 0.3 is 6.03 Å². The third kappa shape index (κ3) is 3.19. The van der Waals surface area contributed by atoms with Crippen LogP contribution in [0.5, 0.6) is 0 Å². The highest BCUT2D eigenvalue weighted by Crippen LogP contribution is 2.34. The molecule has 2 aromatic heterocycles. The highest BCUT2D eigenvalue weighted by molar-refractivity contribution is 6.07. The van der Waals surface area contributed by atoms with Crippen LogP contribution < -0.4 is 5.32 Å². The van der Waals surface area contributed by atoms with Gasteiger partial charge in [0.25, 0.3) is 17.6 Å². The van der Waals surface area contributed by atoms with Crippen molar-refractivity contribution in [1.82, 2.24) is 34.7 Å². The van der Waals surface area contributed by atoms with Gasteiger partial charge in [-0.15, -0.1) is 5.10 Å². The first-order chi connectivity index (χ1) is 15.4. The molecule has 4 heterocycles. The molecule has 2 aliphatic heterocycles. The summed E-state index contributed by atoms with van der Waals surface area (Å²) in [7, 11) is 0. The van der Waals surface area contributed by atoms with E-state index in [-0.39, 0.29) is 17.6 Å². The number of piperidine rings is 1. The molecule has 5 rings (SSSR count). The van der Waals surface area contributed by atoms with Crippen molar-refractivity contribution in [3.63, 3.8) is 0 Å². The minimum atomic E-state index is -0.953. The first-order valence-corrected chi connectivity index (χ1v) is 10.5. The topological polar surface area (TPSA) is 113 Å². The Morgan fingerprint density at radius 1 is 1.09 bits per heavy atom. The van der Waals surface area contributed by atoms with E-state index in [0.717, 1.165) is 17.0 Å². The summed E-state index contributed by atoms with van der Waals surface area (Å²) in [6.45, 7) is 4.73. The predicted molar refractivity (Wildman–Crippen MR) is 114 cm³/mol. The molecule has 0 aliphatic carbocycles. The van der Waals surface area contributed by atoms with Gasteiger partial charge in [0.1, 0.15) is 5.54 Å². The molecule has 1 aromatic carbocycles. The van der Waals surface area contributed by atoms with Crippen LogP contribution in [0.15, 0.2) is 36.4 Å². The standard InChI is InChI=1S/C22H23N7O3/c1-14-12-15(2)29-20(23-14)24-17(26-29)18(30)27-10-8-22(9-11-27)19(31)25-21(32)28(22)13-16-6-4-3-5-7-16/h3-7,12H,8-11,13H2,1-2H3,(H,25,31,32). The van der Waals surface area contributed by atoms with Gasteiger partial charge in [0.05, 0.1) is 0 Å².